The Bertz CT molecular complexity index is 922. The molecule has 26 heavy (non-hydrogen) atoms. The highest BCUT2D eigenvalue weighted by Gasteiger charge is 2.29. The number of aryl methyl sites for hydroxylation is 3. The summed E-state index contributed by atoms with van der Waals surface area (Å²) >= 11 is 0. The van der Waals surface area contributed by atoms with Crippen molar-refractivity contribution in [3.8, 4) is 0 Å². The second-order valence-corrected chi connectivity index (χ2v) is 8.79. The third kappa shape index (κ3) is 3.46. The first-order chi connectivity index (χ1) is 12.5. The molecule has 0 fully saturated rings. The molecular weight excluding hydrogens is 348 g/mol. The van der Waals surface area contributed by atoms with Crippen LogP contribution in [0.2, 0.25) is 0 Å². The topological polar surface area (TPSA) is 66.5 Å². The van der Waals surface area contributed by atoms with Gasteiger partial charge in [-0.3, -0.25) is 9.52 Å². The van der Waals surface area contributed by atoms with Gasteiger partial charge in [-0.1, -0.05) is 30.3 Å². The minimum atomic E-state index is -3.42. The molecule has 2 aromatic rings. The van der Waals surface area contributed by atoms with Crippen LogP contribution in [0.1, 0.15) is 29.5 Å². The van der Waals surface area contributed by atoms with Crippen LogP contribution in [-0.4, -0.2) is 26.6 Å². The Hall–Kier alpha value is -2.34. The van der Waals surface area contributed by atoms with Crippen LogP contribution < -0.4 is 9.62 Å². The van der Waals surface area contributed by atoms with E-state index in [2.05, 4.69) is 4.72 Å². The molecule has 0 unspecified atom stereocenters. The molecule has 1 amide bonds. The second-order valence-electron chi connectivity index (χ2n) is 6.95. The summed E-state index contributed by atoms with van der Waals surface area (Å²) in [7, 11) is -3.42. The summed E-state index contributed by atoms with van der Waals surface area (Å²) in [6, 6.07) is 13.4. The Balaban J connectivity index is 1.54. The molecule has 0 aromatic heterocycles. The fourth-order valence-electron chi connectivity index (χ4n) is 3.84. The number of carbonyl (C=O) groups excluding carboxylic acids is 1. The molecule has 5 nitrogen and oxygen atoms in total. The summed E-state index contributed by atoms with van der Waals surface area (Å²) in [4.78, 5) is 14.0. The zero-order chi connectivity index (χ0) is 18.1. The molecule has 1 N–H and O–H groups in total. The number of amides is 1. The van der Waals surface area contributed by atoms with E-state index in [9.17, 15) is 13.2 Å². The van der Waals surface area contributed by atoms with Gasteiger partial charge >= 0.3 is 0 Å². The highest BCUT2D eigenvalue weighted by atomic mass is 32.2. The van der Waals surface area contributed by atoms with Crippen LogP contribution in [0.4, 0.5) is 11.4 Å². The smallest absolute Gasteiger partial charge is 0.233 e. The number of nitrogens with one attached hydrogen (secondary N) is 1. The van der Waals surface area contributed by atoms with Crippen LogP contribution in [0, 0.1) is 0 Å². The molecule has 2 heterocycles. The first-order valence-electron chi connectivity index (χ1n) is 9.02. The molecule has 6 heteroatoms. The second kappa shape index (κ2) is 6.76. The van der Waals surface area contributed by atoms with Crippen molar-refractivity contribution < 1.29 is 13.2 Å². The molecule has 0 bridgehead atoms. The summed E-state index contributed by atoms with van der Waals surface area (Å²) in [5, 5.41) is 0. The van der Waals surface area contributed by atoms with Crippen LogP contribution in [-0.2, 0) is 34.1 Å². The van der Waals surface area contributed by atoms with Crippen molar-refractivity contribution in [2.45, 2.75) is 32.1 Å². The molecule has 0 aliphatic carbocycles. The standard InChI is InChI=1S/C20H22N2O3S/c23-19-9-8-17-14-18(13-16-7-4-11-22(19)20(16)17)21-26(24,25)12-10-15-5-2-1-3-6-15/h1-3,5-6,13-14,21H,4,7-12H2. The Morgan fingerprint density at radius 3 is 2.50 bits per heavy atom. The van der Waals surface area contributed by atoms with E-state index in [1.807, 2.05) is 47.4 Å². The number of sulfonamides is 1. The lowest BCUT2D eigenvalue weighted by atomic mass is 9.91. The maximum absolute atomic E-state index is 12.5. The third-order valence-electron chi connectivity index (χ3n) is 5.05. The number of carbonyl (C=O) groups is 1. The highest BCUT2D eigenvalue weighted by Crippen LogP contribution is 2.38. The Kier molecular flexibility index (Phi) is 4.44. The minimum absolute atomic E-state index is 0.0496. The molecule has 0 saturated carbocycles. The largest absolute Gasteiger partial charge is 0.312 e. The Morgan fingerprint density at radius 2 is 1.73 bits per heavy atom. The fraction of sp³-hybridized carbons (Fsp3) is 0.350. The van der Waals surface area contributed by atoms with Gasteiger partial charge in [-0.2, -0.15) is 0 Å². The summed E-state index contributed by atoms with van der Waals surface area (Å²) in [5.74, 6) is 0.225. The molecule has 2 aliphatic rings. The number of anilines is 2. The van der Waals surface area contributed by atoms with Crippen LogP contribution in [0.25, 0.3) is 0 Å². The van der Waals surface area contributed by atoms with Gasteiger partial charge in [-0.05, 0) is 54.5 Å². The maximum atomic E-state index is 12.5. The highest BCUT2D eigenvalue weighted by molar-refractivity contribution is 7.92. The van der Waals surface area contributed by atoms with Crippen LogP contribution in [0.5, 0.6) is 0 Å². The SMILES string of the molecule is O=C1CCc2cc(NS(=O)(=O)CCc3ccccc3)cc3c2N1CCC3. The Morgan fingerprint density at radius 1 is 1.00 bits per heavy atom. The van der Waals surface area contributed by atoms with Crippen molar-refractivity contribution >= 4 is 27.3 Å². The lowest BCUT2D eigenvalue weighted by Crippen LogP contribution is -2.39. The summed E-state index contributed by atoms with van der Waals surface area (Å²) in [5.41, 5.74) is 4.78. The molecule has 0 saturated heterocycles. The first-order valence-corrected chi connectivity index (χ1v) is 10.7. The van der Waals surface area contributed by atoms with Gasteiger partial charge in [-0.15, -0.1) is 0 Å². The average Bonchev–Trinajstić information content (AvgIpc) is 2.63. The lowest BCUT2D eigenvalue weighted by molar-refractivity contribution is -0.119. The molecule has 0 radical (unpaired) electrons. The van der Waals surface area contributed by atoms with Crippen molar-refractivity contribution in [3.63, 3.8) is 0 Å². The van der Waals surface area contributed by atoms with E-state index in [1.165, 1.54) is 0 Å². The minimum Gasteiger partial charge on any atom is -0.312 e. The fourth-order valence-corrected chi connectivity index (χ4v) is 4.92. The summed E-state index contributed by atoms with van der Waals surface area (Å²) in [6.07, 6.45) is 3.46. The van der Waals surface area contributed by atoms with E-state index >= 15 is 0 Å². The average molecular weight is 370 g/mol. The molecule has 2 aliphatic heterocycles. The van der Waals surface area contributed by atoms with Gasteiger partial charge < -0.3 is 4.90 Å². The van der Waals surface area contributed by atoms with E-state index in [1.54, 1.807) is 0 Å². The normalized spacial score (nSPS) is 16.3. The van der Waals surface area contributed by atoms with Crippen LogP contribution >= 0.6 is 0 Å². The quantitative estimate of drug-likeness (QED) is 0.880. The number of hydrogen-bond acceptors (Lipinski definition) is 3. The van der Waals surface area contributed by atoms with Crippen LogP contribution in [0.3, 0.4) is 0 Å². The van der Waals surface area contributed by atoms with Gasteiger partial charge in [0.05, 0.1) is 11.4 Å². The predicted octanol–water partition coefficient (Wildman–Crippen LogP) is 2.90. The van der Waals surface area contributed by atoms with Gasteiger partial charge in [0.1, 0.15) is 0 Å². The predicted molar refractivity (Wildman–Crippen MR) is 103 cm³/mol. The van der Waals surface area contributed by atoms with Crippen LogP contribution in [0.15, 0.2) is 42.5 Å². The van der Waals surface area contributed by atoms with Gasteiger partial charge in [0.15, 0.2) is 0 Å². The van der Waals surface area contributed by atoms with Crippen molar-refractivity contribution in [2.24, 2.45) is 0 Å². The maximum Gasteiger partial charge on any atom is 0.233 e. The van der Waals surface area contributed by atoms with Crippen molar-refractivity contribution in [3.05, 3.63) is 59.2 Å². The van der Waals surface area contributed by atoms with E-state index in [0.717, 1.165) is 41.8 Å². The van der Waals surface area contributed by atoms with E-state index in [0.29, 0.717) is 24.9 Å². The lowest BCUT2D eigenvalue weighted by Gasteiger charge is -2.35. The Labute approximate surface area is 154 Å². The van der Waals surface area contributed by atoms with Gasteiger partial charge in [-0.25, -0.2) is 8.42 Å². The van der Waals surface area contributed by atoms with Crippen molar-refractivity contribution in [2.75, 3.05) is 21.9 Å². The molecule has 4 rings (SSSR count). The van der Waals surface area contributed by atoms with Gasteiger partial charge in [0.25, 0.3) is 0 Å². The monoisotopic (exact) mass is 370 g/mol. The van der Waals surface area contributed by atoms with Gasteiger partial charge in [0, 0.05) is 18.7 Å². The number of nitrogens with zero attached hydrogens (tertiary/aromatic N) is 1. The number of rotatable bonds is 5. The first kappa shape index (κ1) is 17.1. The molecule has 136 valence electrons. The van der Waals surface area contributed by atoms with E-state index in [-0.39, 0.29) is 11.7 Å². The molecule has 2 aromatic carbocycles. The summed E-state index contributed by atoms with van der Waals surface area (Å²) in [6.45, 7) is 0.765. The van der Waals surface area contributed by atoms with Crippen molar-refractivity contribution in [1.82, 2.24) is 0 Å². The molecule has 0 atom stereocenters. The zero-order valence-electron chi connectivity index (χ0n) is 14.6. The third-order valence-corrected chi connectivity index (χ3v) is 6.34. The molecule has 0 spiro atoms. The molecular formula is C20H22N2O3S. The zero-order valence-corrected chi connectivity index (χ0v) is 15.4. The van der Waals surface area contributed by atoms with Gasteiger partial charge in [0.2, 0.25) is 15.9 Å². The number of hydrogen-bond donors (Lipinski definition) is 1. The summed E-state index contributed by atoms with van der Waals surface area (Å²) < 4.78 is 27.7. The van der Waals surface area contributed by atoms with Crippen molar-refractivity contribution in [1.29, 1.82) is 0 Å². The number of benzene rings is 2. The van der Waals surface area contributed by atoms with E-state index < -0.39 is 10.0 Å². The van der Waals surface area contributed by atoms with E-state index in [4.69, 9.17) is 0 Å².